The van der Waals surface area contributed by atoms with E-state index in [0.717, 1.165) is 18.3 Å². The van der Waals surface area contributed by atoms with Crippen LogP contribution in [-0.4, -0.2) is 35.1 Å². The Kier molecular flexibility index (Phi) is 4.31. The van der Waals surface area contributed by atoms with Crippen LogP contribution >= 0.6 is 0 Å². The van der Waals surface area contributed by atoms with Crippen molar-refractivity contribution in [1.29, 1.82) is 0 Å². The maximum atomic E-state index is 5.59. The van der Waals surface area contributed by atoms with Gasteiger partial charge < -0.3 is 15.2 Å². The maximum absolute atomic E-state index is 5.59. The lowest BCUT2D eigenvalue weighted by atomic mass is 10.1. The van der Waals surface area contributed by atoms with Gasteiger partial charge in [0.25, 0.3) is 0 Å². The molecule has 6 heteroatoms. The topological polar surface area (TPSA) is 84.6 Å². The quantitative estimate of drug-likeness (QED) is 0.346. The fourth-order valence-electron chi connectivity index (χ4n) is 3.26. The smallest absolute Gasteiger partial charge is 0.208 e. The van der Waals surface area contributed by atoms with Gasteiger partial charge in [-0.25, -0.2) is 10.8 Å². The lowest BCUT2D eigenvalue weighted by molar-refractivity contribution is 0.287. The van der Waals surface area contributed by atoms with Crippen LogP contribution in [0.5, 0.6) is 0 Å². The number of nitrogens with two attached hydrogens (primary N) is 2. The van der Waals surface area contributed by atoms with Gasteiger partial charge in [0, 0.05) is 29.7 Å². The molecule has 0 bridgehead atoms. The number of benzene rings is 1. The molecule has 22 heavy (non-hydrogen) atoms. The van der Waals surface area contributed by atoms with Crippen molar-refractivity contribution < 1.29 is 0 Å². The monoisotopic (exact) mass is 300 g/mol. The van der Waals surface area contributed by atoms with E-state index < -0.39 is 0 Å². The van der Waals surface area contributed by atoms with Crippen LogP contribution in [0.25, 0.3) is 10.9 Å². The van der Waals surface area contributed by atoms with Crippen molar-refractivity contribution in [3.05, 3.63) is 30.5 Å². The number of guanidine groups is 1. The largest absolute Gasteiger partial charge is 0.369 e. The summed E-state index contributed by atoms with van der Waals surface area (Å²) in [5, 5.41) is 1.17. The van der Waals surface area contributed by atoms with Crippen LogP contribution in [0.1, 0.15) is 19.3 Å². The molecule has 5 N–H and O–H groups in total. The Balaban J connectivity index is 1.74. The van der Waals surface area contributed by atoms with Crippen molar-refractivity contribution in [3.63, 3.8) is 0 Å². The van der Waals surface area contributed by atoms with E-state index in [1.165, 1.54) is 36.7 Å². The average molecular weight is 300 g/mol. The number of likely N-dealkylation sites (tertiary alicyclic amines) is 1. The third kappa shape index (κ3) is 3.08. The minimum Gasteiger partial charge on any atom is -0.369 e. The Labute approximate surface area is 130 Å². The summed E-state index contributed by atoms with van der Waals surface area (Å²) in [6.07, 6.45) is 5.99. The van der Waals surface area contributed by atoms with E-state index >= 15 is 0 Å². The van der Waals surface area contributed by atoms with E-state index in [-0.39, 0.29) is 5.96 Å². The number of aryl methyl sites for hydroxylation is 1. The minimum atomic E-state index is 0.211. The van der Waals surface area contributed by atoms with Crippen LogP contribution < -0.4 is 17.0 Å². The summed E-state index contributed by atoms with van der Waals surface area (Å²) in [5.41, 5.74) is 9.97. The first-order chi connectivity index (χ1) is 10.7. The highest BCUT2D eigenvalue weighted by Gasteiger charge is 2.20. The van der Waals surface area contributed by atoms with E-state index in [9.17, 15) is 0 Å². The van der Waals surface area contributed by atoms with Crippen LogP contribution in [0.4, 0.5) is 5.69 Å². The molecule has 0 amide bonds. The summed E-state index contributed by atoms with van der Waals surface area (Å²) < 4.78 is 2.32. The Bertz CT molecular complexity index is 674. The molecule has 0 aliphatic carbocycles. The van der Waals surface area contributed by atoms with Gasteiger partial charge in [-0.15, -0.1) is 0 Å². The molecule has 1 saturated heterocycles. The zero-order chi connectivity index (χ0) is 15.5. The van der Waals surface area contributed by atoms with Gasteiger partial charge in [0.1, 0.15) is 0 Å². The molecule has 1 unspecified atom stereocenters. The number of rotatable bonds is 4. The predicted molar refractivity (Wildman–Crippen MR) is 90.8 cm³/mol. The van der Waals surface area contributed by atoms with Gasteiger partial charge in [0.2, 0.25) is 5.96 Å². The highest BCUT2D eigenvalue weighted by atomic mass is 15.3. The molecule has 1 aliphatic rings. The van der Waals surface area contributed by atoms with Crippen LogP contribution in [0.2, 0.25) is 0 Å². The molecule has 1 atom stereocenters. The molecule has 1 fully saturated rings. The van der Waals surface area contributed by atoms with Crippen molar-refractivity contribution >= 4 is 22.5 Å². The molecule has 3 rings (SSSR count). The van der Waals surface area contributed by atoms with Gasteiger partial charge in [-0.1, -0.05) is 0 Å². The van der Waals surface area contributed by atoms with Crippen LogP contribution in [0.3, 0.4) is 0 Å². The summed E-state index contributed by atoms with van der Waals surface area (Å²) in [5.74, 6) is 5.44. The Morgan fingerprint density at radius 2 is 2.27 bits per heavy atom. The molecule has 0 radical (unpaired) electrons. The van der Waals surface area contributed by atoms with Crippen LogP contribution in [0.15, 0.2) is 35.5 Å². The summed E-state index contributed by atoms with van der Waals surface area (Å²) in [4.78, 5) is 6.67. The second kappa shape index (κ2) is 6.37. The third-order valence-corrected chi connectivity index (χ3v) is 4.53. The Morgan fingerprint density at radius 3 is 3.00 bits per heavy atom. The maximum Gasteiger partial charge on any atom is 0.208 e. The van der Waals surface area contributed by atoms with Gasteiger partial charge in [-0.2, -0.15) is 0 Å². The van der Waals surface area contributed by atoms with E-state index in [0.29, 0.717) is 0 Å². The van der Waals surface area contributed by atoms with Gasteiger partial charge in [0.15, 0.2) is 0 Å². The molecule has 118 valence electrons. The van der Waals surface area contributed by atoms with Gasteiger partial charge in [-0.05, 0) is 57.1 Å². The predicted octanol–water partition coefficient (Wildman–Crippen LogP) is 1.54. The third-order valence-electron chi connectivity index (χ3n) is 4.53. The number of hydrogen-bond acceptors (Lipinski definition) is 3. The lowest BCUT2D eigenvalue weighted by Gasteiger charge is -2.19. The van der Waals surface area contributed by atoms with Crippen molar-refractivity contribution in [3.8, 4) is 0 Å². The van der Waals surface area contributed by atoms with E-state index in [4.69, 9.17) is 11.6 Å². The second-order valence-electron chi connectivity index (χ2n) is 5.96. The lowest BCUT2D eigenvalue weighted by Crippen LogP contribution is -2.36. The van der Waals surface area contributed by atoms with Crippen LogP contribution in [-0.2, 0) is 6.54 Å². The average Bonchev–Trinajstić information content (AvgIpc) is 3.11. The number of hydrazine groups is 1. The fourth-order valence-corrected chi connectivity index (χ4v) is 3.26. The number of aromatic nitrogens is 1. The van der Waals surface area contributed by atoms with Crippen molar-refractivity contribution in [2.45, 2.75) is 31.8 Å². The molecule has 1 aliphatic heterocycles. The molecule has 0 saturated carbocycles. The highest BCUT2D eigenvalue weighted by molar-refractivity contribution is 5.86. The normalized spacial score (nSPS) is 19.9. The molecule has 1 aromatic carbocycles. The molecule has 0 spiro atoms. The summed E-state index contributed by atoms with van der Waals surface area (Å²) in [7, 11) is 2.23. The zero-order valence-corrected chi connectivity index (χ0v) is 13.0. The van der Waals surface area contributed by atoms with Gasteiger partial charge in [-0.3, -0.25) is 5.43 Å². The van der Waals surface area contributed by atoms with E-state index in [1.54, 1.807) is 0 Å². The second-order valence-corrected chi connectivity index (χ2v) is 5.96. The molecule has 1 aromatic heterocycles. The van der Waals surface area contributed by atoms with E-state index in [2.05, 4.69) is 45.3 Å². The van der Waals surface area contributed by atoms with Crippen molar-refractivity contribution in [1.82, 2.24) is 14.9 Å². The number of aliphatic imine (C=N–C) groups is 1. The van der Waals surface area contributed by atoms with Crippen molar-refractivity contribution in [2.24, 2.45) is 16.6 Å². The number of nitrogens with zero attached hydrogens (tertiary/aromatic N) is 3. The molecular weight excluding hydrogens is 276 g/mol. The summed E-state index contributed by atoms with van der Waals surface area (Å²) in [6.45, 7) is 2.28. The zero-order valence-electron chi connectivity index (χ0n) is 13.0. The fraction of sp³-hybridized carbons (Fsp3) is 0.438. The number of hydrogen-bond donors (Lipinski definition) is 3. The molecule has 6 nitrogen and oxygen atoms in total. The molecule has 2 aromatic rings. The number of fused-ring (bicyclic) bond motifs is 1. The highest BCUT2D eigenvalue weighted by Crippen LogP contribution is 2.24. The van der Waals surface area contributed by atoms with Crippen molar-refractivity contribution in [2.75, 3.05) is 13.6 Å². The van der Waals surface area contributed by atoms with E-state index in [1.807, 2.05) is 12.1 Å². The Hall–Kier alpha value is -2.05. The SMILES string of the molecule is CN1CCCC1CCn1ccc2cc(N=C(N)NN)ccc21. The first-order valence-corrected chi connectivity index (χ1v) is 7.77. The molecule has 2 heterocycles. The van der Waals surface area contributed by atoms with Gasteiger partial charge in [0.05, 0.1) is 5.69 Å². The first kappa shape index (κ1) is 14.9. The first-order valence-electron chi connectivity index (χ1n) is 7.77. The van der Waals surface area contributed by atoms with Gasteiger partial charge >= 0.3 is 0 Å². The van der Waals surface area contributed by atoms with Crippen LogP contribution in [0, 0.1) is 0 Å². The molecular formula is C16H24N6. The summed E-state index contributed by atoms with van der Waals surface area (Å²) >= 11 is 0. The summed E-state index contributed by atoms with van der Waals surface area (Å²) in [6, 6.07) is 8.93. The number of nitrogens with one attached hydrogen (secondary N) is 1. The minimum absolute atomic E-state index is 0.211. The standard InChI is InChI=1S/C16H24N6/c1-21-8-2-3-14(21)7-10-22-9-6-12-11-13(4-5-15(12)22)19-16(17)20-18/h4-6,9,11,14H,2-3,7-8,10,18H2,1H3,(H3,17,19,20). The Morgan fingerprint density at radius 1 is 1.41 bits per heavy atom.